The highest BCUT2D eigenvalue weighted by atomic mass is 32.1. The van der Waals surface area contributed by atoms with Crippen LogP contribution in [0.15, 0.2) is 42.5 Å². The van der Waals surface area contributed by atoms with E-state index in [2.05, 4.69) is 22.4 Å². The van der Waals surface area contributed by atoms with Gasteiger partial charge in [-0.25, -0.2) is 4.98 Å². The molecule has 4 nitrogen and oxygen atoms in total. The first-order valence-electron chi connectivity index (χ1n) is 7.79. The number of ether oxygens (including phenoxy) is 1. The molecular formula is C19H16N2O2S. The van der Waals surface area contributed by atoms with Gasteiger partial charge in [-0.15, -0.1) is 0 Å². The number of carbonyl (C=O) groups is 1. The number of thiazole rings is 1. The fourth-order valence-corrected chi connectivity index (χ4v) is 3.68. The largest absolute Gasteiger partial charge is 0.493 e. The Balaban J connectivity index is 1.47. The van der Waals surface area contributed by atoms with Gasteiger partial charge < -0.3 is 4.74 Å². The molecule has 24 heavy (non-hydrogen) atoms. The number of amides is 1. The molecule has 0 atom stereocenters. The summed E-state index contributed by atoms with van der Waals surface area (Å²) >= 11 is 1.48. The number of aromatic nitrogens is 1. The van der Waals surface area contributed by atoms with Crippen LogP contribution in [0.25, 0.3) is 16.3 Å². The van der Waals surface area contributed by atoms with Crippen LogP contribution in [-0.4, -0.2) is 17.5 Å². The van der Waals surface area contributed by atoms with Crippen molar-refractivity contribution in [2.75, 3.05) is 11.9 Å². The number of anilines is 1. The molecule has 0 saturated heterocycles. The summed E-state index contributed by atoms with van der Waals surface area (Å²) < 4.78 is 6.56. The molecule has 0 aliphatic carbocycles. The molecule has 3 aromatic rings. The van der Waals surface area contributed by atoms with Gasteiger partial charge in [-0.05, 0) is 54.0 Å². The third-order valence-corrected chi connectivity index (χ3v) is 4.85. The van der Waals surface area contributed by atoms with Crippen LogP contribution >= 0.6 is 11.3 Å². The van der Waals surface area contributed by atoms with Gasteiger partial charge in [-0.2, -0.15) is 0 Å². The molecule has 2 heterocycles. The lowest BCUT2D eigenvalue weighted by atomic mass is 10.1. The van der Waals surface area contributed by atoms with E-state index < -0.39 is 0 Å². The number of fused-ring (bicyclic) bond motifs is 2. The maximum Gasteiger partial charge on any atom is 0.250 e. The summed E-state index contributed by atoms with van der Waals surface area (Å²) in [5.74, 6) is 0.767. The van der Waals surface area contributed by atoms with Crippen molar-refractivity contribution in [2.24, 2.45) is 0 Å². The van der Waals surface area contributed by atoms with Crippen LogP contribution in [0.4, 0.5) is 5.13 Å². The molecule has 5 heteroatoms. The van der Waals surface area contributed by atoms with Gasteiger partial charge in [-0.1, -0.05) is 23.5 Å². The lowest BCUT2D eigenvalue weighted by Crippen LogP contribution is -2.07. The number of hydrogen-bond acceptors (Lipinski definition) is 4. The molecule has 1 aliphatic rings. The third kappa shape index (κ3) is 3.03. The highest BCUT2D eigenvalue weighted by Gasteiger charge is 2.11. The molecule has 0 saturated carbocycles. The van der Waals surface area contributed by atoms with Crippen LogP contribution in [0.3, 0.4) is 0 Å². The first kappa shape index (κ1) is 14.9. The molecule has 2 aromatic carbocycles. The van der Waals surface area contributed by atoms with E-state index in [0.29, 0.717) is 5.13 Å². The highest BCUT2D eigenvalue weighted by Crippen LogP contribution is 2.27. The molecule has 1 aromatic heterocycles. The third-order valence-electron chi connectivity index (χ3n) is 3.91. The maximum absolute atomic E-state index is 12.1. The SMILES string of the molecule is Cc1ccc2nc(NC(=O)/C=C/c3ccc4c(c3)CCO4)sc2c1. The Morgan fingerprint density at radius 3 is 3.12 bits per heavy atom. The molecule has 0 unspecified atom stereocenters. The van der Waals surface area contributed by atoms with Gasteiger partial charge in [0, 0.05) is 12.5 Å². The number of carbonyl (C=O) groups excluding carboxylic acids is 1. The minimum Gasteiger partial charge on any atom is -0.493 e. The average Bonchev–Trinajstić information content (AvgIpc) is 3.17. The van der Waals surface area contributed by atoms with E-state index in [-0.39, 0.29) is 5.91 Å². The normalized spacial score (nSPS) is 13.2. The summed E-state index contributed by atoms with van der Waals surface area (Å²) in [6, 6.07) is 12.0. The van der Waals surface area contributed by atoms with E-state index in [4.69, 9.17) is 4.74 Å². The fraction of sp³-hybridized carbons (Fsp3) is 0.158. The molecule has 0 spiro atoms. The predicted octanol–water partition coefficient (Wildman–Crippen LogP) is 4.19. The number of rotatable bonds is 3. The van der Waals surface area contributed by atoms with E-state index >= 15 is 0 Å². The van der Waals surface area contributed by atoms with Crippen LogP contribution in [-0.2, 0) is 11.2 Å². The summed E-state index contributed by atoms with van der Waals surface area (Å²) in [5, 5.41) is 3.45. The quantitative estimate of drug-likeness (QED) is 0.730. The Kier molecular flexibility index (Phi) is 3.78. The summed E-state index contributed by atoms with van der Waals surface area (Å²) in [7, 11) is 0. The Morgan fingerprint density at radius 2 is 2.21 bits per heavy atom. The van der Waals surface area contributed by atoms with Gasteiger partial charge in [0.15, 0.2) is 5.13 Å². The topological polar surface area (TPSA) is 51.2 Å². The lowest BCUT2D eigenvalue weighted by molar-refractivity contribution is -0.111. The molecule has 1 aliphatic heterocycles. The van der Waals surface area contributed by atoms with Crippen molar-refractivity contribution in [3.8, 4) is 5.75 Å². The average molecular weight is 336 g/mol. The molecule has 0 fully saturated rings. The number of nitrogens with one attached hydrogen (secondary N) is 1. The summed E-state index contributed by atoms with van der Waals surface area (Å²) in [6.45, 7) is 2.78. The van der Waals surface area contributed by atoms with Crippen molar-refractivity contribution in [3.05, 3.63) is 59.2 Å². The van der Waals surface area contributed by atoms with E-state index in [0.717, 1.165) is 34.6 Å². The van der Waals surface area contributed by atoms with Crippen LogP contribution in [0.5, 0.6) is 5.75 Å². The van der Waals surface area contributed by atoms with E-state index in [1.807, 2.05) is 37.3 Å². The van der Waals surface area contributed by atoms with Crippen LogP contribution in [0, 0.1) is 6.92 Å². The van der Waals surface area contributed by atoms with Crippen molar-refractivity contribution in [2.45, 2.75) is 13.3 Å². The van der Waals surface area contributed by atoms with Crippen LogP contribution < -0.4 is 10.1 Å². The summed E-state index contributed by atoms with van der Waals surface area (Å²) in [6.07, 6.45) is 4.27. The highest BCUT2D eigenvalue weighted by molar-refractivity contribution is 7.22. The second kappa shape index (κ2) is 6.09. The number of nitrogens with zero attached hydrogens (tertiary/aromatic N) is 1. The fourth-order valence-electron chi connectivity index (χ4n) is 2.71. The minimum absolute atomic E-state index is 0.178. The molecule has 1 amide bonds. The number of benzene rings is 2. The van der Waals surface area contributed by atoms with Gasteiger partial charge in [0.1, 0.15) is 5.75 Å². The zero-order valence-corrected chi connectivity index (χ0v) is 14.0. The predicted molar refractivity (Wildman–Crippen MR) is 97.7 cm³/mol. The Morgan fingerprint density at radius 1 is 1.29 bits per heavy atom. The van der Waals surface area contributed by atoms with Gasteiger partial charge >= 0.3 is 0 Å². The first-order valence-corrected chi connectivity index (χ1v) is 8.61. The standard InChI is InChI=1S/C19H16N2O2S/c1-12-2-5-15-17(10-12)24-19(20-15)21-18(22)7-4-13-3-6-16-14(11-13)8-9-23-16/h2-7,10-11H,8-9H2,1H3,(H,20,21,22)/b7-4+. The Bertz CT molecular complexity index is 959. The second-order valence-corrected chi connectivity index (χ2v) is 6.81. The van der Waals surface area contributed by atoms with E-state index in [9.17, 15) is 4.79 Å². The lowest BCUT2D eigenvalue weighted by Gasteiger charge is -2.00. The molecule has 120 valence electrons. The smallest absolute Gasteiger partial charge is 0.250 e. The molecule has 1 N–H and O–H groups in total. The minimum atomic E-state index is -0.178. The van der Waals surface area contributed by atoms with Crippen molar-refractivity contribution in [1.82, 2.24) is 4.98 Å². The number of aryl methyl sites for hydroxylation is 1. The van der Waals surface area contributed by atoms with E-state index in [1.54, 1.807) is 0 Å². The van der Waals surface area contributed by atoms with Gasteiger partial charge in [0.25, 0.3) is 0 Å². The molecule has 0 radical (unpaired) electrons. The molecular weight excluding hydrogens is 320 g/mol. The van der Waals surface area contributed by atoms with Crippen molar-refractivity contribution < 1.29 is 9.53 Å². The van der Waals surface area contributed by atoms with Gasteiger partial charge in [0.05, 0.1) is 16.8 Å². The Labute approximate surface area is 143 Å². The van der Waals surface area contributed by atoms with Gasteiger partial charge in [0.2, 0.25) is 5.91 Å². The number of hydrogen-bond donors (Lipinski definition) is 1. The molecule has 4 rings (SSSR count). The summed E-state index contributed by atoms with van der Waals surface area (Å²) in [4.78, 5) is 16.5. The van der Waals surface area contributed by atoms with E-state index in [1.165, 1.54) is 28.5 Å². The maximum atomic E-state index is 12.1. The molecule has 0 bridgehead atoms. The second-order valence-electron chi connectivity index (χ2n) is 5.78. The first-order chi connectivity index (χ1) is 11.7. The monoisotopic (exact) mass is 336 g/mol. The van der Waals surface area contributed by atoms with Crippen LogP contribution in [0.1, 0.15) is 16.7 Å². The zero-order valence-electron chi connectivity index (χ0n) is 13.2. The van der Waals surface area contributed by atoms with Crippen molar-refractivity contribution >= 4 is 38.7 Å². The van der Waals surface area contributed by atoms with Crippen LogP contribution in [0.2, 0.25) is 0 Å². The van der Waals surface area contributed by atoms with Crippen molar-refractivity contribution in [3.63, 3.8) is 0 Å². The van der Waals surface area contributed by atoms with Crippen molar-refractivity contribution in [1.29, 1.82) is 0 Å². The zero-order chi connectivity index (χ0) is 16.5. The summed E-state index contributed by atoms with van der Waals surface area (Å²) in [5.41, 5.74) is 4.28. The van der Waals surface area contributed by atoms with Gasteiger partial charge in [-0.3, -0.25) is 10.1 Å². The Hall–Kier alpha value is -2.66.